The minimum Gasteiger partial charge on any atom is -0.493 e. The fraction of sp³-hybridized carbons (Fsp3) is 0.250. The maximum absolute atomic E-state index is 11.8. The van der Waals surface area contributed by atoms with Gasteiger partial charge in [0, 0.05) is 5.70 Å². The number of rotatable bonds is 6. The number of hydrogen-bond donors (Lipinski definition) is 2. The molecule has 0 aliphatic carbocycles. The van der Waals surface area contributed by atoms with Gasteiger partial charge < -0.3 is 19.9 Å². The number of nitrogens with zero attached hydrogens (tertiary/aromatic N) is 1. The summed E-state index contributed by atoms with van der Waals surface area (Å²) >= 11 is 5.12. The summed E-state index contributed by atoms with van der Waals surface area (Å²) in [5.74, 6) is -1.59. The van der Waals surface area contributed by atoms with Crippen molar-refractivity contribution in [2.75, 3.05) is 14.2 Å². The van der Waals surface area contributed by atoms with Crippen molar-refractivity contribution in [2.24, 2.45) is 5.92 Å². The largest absolute Gasteiger partial charge is 0.493 e. The molecular formula is C16H16N2O6S. The fourth-order valence-electron chi connectivity index (χ4n) is 2.71. The molecule has 2 atom stereocenters. The number of carbonyl (C=O) groups is 3. The number of thiocarbonyl (C=S) groups is 1. The van der Waals surface area contributed by atoms with E-state index in [4.69, 9.17) is 21.7 Å². The number of carboxylic acid groups (broad SMARTS) is 1. The molecular weight excluding hydrogens is 348 g/mol. The molecule has 8 nitrogen and oxygen atoms in total. The van der Waals surface area contributed by atoms with Gasteiger partial charge in [-0.05, 0) is 36.0 Å². The zero-order valence-corrected chi connectivity index (χ0v) is 14.3. The third-order valence-electron chi connectivity index (χ3n) is 3.81. The average Bonchev–Trinajstić information content (AvgIpc) is 2.60. The van der Waals surface area contributed by atoms with E-state index in [1.165, 1.54) is 14.2 Å². The maximum Gasteiger partial charge on any atom is 0.315 e. The van der Waals surface area contributed by atoms with E-state index in [1.54, 1.807) is 18.2 Å². The predicted molar refractivity (Wildman–Crippen MR) is 91.2 cm³/mol. The lowest BCUT2D eigenvalue weighted by molar-refractivity contribution is -0.143. The van der Waals surface area contributed by atoms with Gasteiger partial charge in [0.25, 0.3) is 0 Å². The number of hydrogen-bond acceptors (Lipinski definition) is 6. The molecule has 132 valence electrons. The molecule has 1 saturated heterocycles. The number of aldehydes is 1. The van der Waals surface area contributed by atoms with Crippen LogP contribution in [0.25, 0.3) is 0 Å². The summed E-state index contributed by atoms with van der Waals surface area (Å²) in [4.78, 5) is 35.3. The molecule has 1 heterocycles. The van der Waals surface area contributed by atoms with Gasteiger partial charge in [-0.2, -0.15) is 0 Å². The lowest BCUT2D eigenvalue weighted by atomic mass is 9.87. The topological polar surface area (TPSA) is 105 Å². The molecule has 0 bridgehead atoms. The Morgan fingerprint density at radius 2 is 1.96 bits per heavy atom. The number of carboxylic acids is 1. The molecule has 0 radical (unpaired) electrons. The van der Waals surface area contributed by atoms with Gasteiger partial charge in [-0.15, -0.1) is 0 Å². The first-order valence-corrected chi connectivity index (χ1v) is 7.54. The van der Waals surface area contributed by atoms with Gasteiger partial charge in [-0.25, -0.2) is 0 Å². The van der Waals surface area contributed by atoms with Crippen LogP contribution in [0, 0.1) is 5.92 Å². The van der Waals surface area contributed by atoms with Crippen molar-refractivity contribution in [3.05, 3.63) is 35.5 Å². The predicted octanol–water partition coefficient (Wildman–Crippen LogP) is 0.875. The number of allylic oxidation sites excluding steroid dienone is 1. The van der Waals surface area contributed by atoms with Crippen LogP contribution in [-0.4, -0.2) is 48.0 Å². The van der Waals surface area contributed by atoms with Crippen LogP contribution in [0.5, 0.6) is 11.5 Å². The number of amides is 1. The molecule has 2 unspecified atom stereocenters. The molecule has 1 aromatic carbocycles. The van der Waals surface area contributed by atoms with E-state index in [0.717, 1.165) is 11.0 Å². The molecule has 1 aromatic rings. The molecule has 2 N–H and O–H groups in total. The van der Waals surface area contributed by atoms with Crippen LogP contribution in [0.3, 0.4) is 0 Å². The normalized spacial score (nSPS) is 21.4. The van der Waals surface area contributed by atoms with Crippen molar-refractivity contribution in [3.63, 3.8) is 0 Å². The summed E-state index contributed by atoms with van der Waals surface area (Å²) in [5, 5.41) is 12.3. The Bertz CT molecular complexity index is 748. The van der Waals surface area contributed by atoms with E-state index >= 15 is 0 Å². The molecule has 25 heavy (non-hydrogen) atoms. The minimum atomic E-state index is -1.21. The number of benzene rings is 1. The highest BCUT2D eigenvalue weighted by Crippen LogP contribution is 2.39. The number of ether oxygens (including phenoxy) is 2. The van der Waals surface area contributed by atoms with E-state index in [9.17, 15) is 19.5 Å². The highest BCUT2D eigenvalue weighted by Gasteiger charge is 2.42. The van der Waals surface area contributed by atoms with Crippen molar-refractivity contribution in [1.82, 2.24) is 10.2 Å². The summed E-state index contributed by atoms with van der Waals surface area (Å²) in [6, 6.07) is 3.84. The van der Waals surface area contributed by atoms with E-state index in [1.807, 2.05) is 0 Å². The highest BCUT2D eigenvalue weighted by molar-refractivity contribution is 7.80. The molecule has 1 amide bonds. The van der Waals surface area contributed by atoms with Crippen molar-refractivity contribution >= 4 is 36.0 Å². The third-order valence-corrected chi connectivity index (χ3v) is 4.13. The Labute approximate surface area is 149 Å². The van der Waals surface area contributed by atoms with E-state index in [-0.39, 0.29) is 10.8 Å². The smallest absolute Gasteiger partial charge is 0.315 e. The zero-order chi connectivity index (χ0) is 18.6. The number of aliphatic carboxylic acids is 1. The van der Waals surface area contributed by atoms with Gasteiger partial charge in [0.05, 0.1) is 20.3 Å². The van der Waals surface area contributed by atoms with Crippen molar-refractivity contribution in [1.29, 1.82) is 0 Å². The first-order valence-electron chi connectivity index (χ1n) is 7.13. The summed E-state index contributed by atoms with van der Waals surface area (Å²) in [7, 11) is 2.92. The van der Waals surface area contributed by atoms with Crippen LogP contribution in [0.15, 0.2) is 30.0 Å². The average molecular weight is 364 g/mol. The highest BCUT2D eigenvalue weighted by atomic mass is 32.1. The zero-order valence-electron chi connectivity index (χ0n) is 13.5. The minimum absolute atomic E-state index is 0.000356. The lowest BCUT2D eigenvalue weighted by Crippen LogP contribution is -2.52. The molecule has 1 aliphatic heterocycles. The van der Waals surface area contributed by atoms with Crippen LogP contribution in [0.4, 0.5) is 0 Å². The first kappa shape index (κ1) is 18.4. The summed E-state index contributed by atoms with van der Waals surface area (Å²) in [6.07, 6.45) is 1.99. The number of nitrogens with one attached hydrogen (secondary N) is 1. The van der Waals surface area contributed by atoms with Crippen LogP contribution < -0.4 is 14.8 Å². The molecule has 0 saturated carbocycles. The second kappa shape index (κ2) is 7.75. The Kier molecular flexibility index (Phi) is 5.71. The quantitative estimate of drug-likeness (QED) is 0.435. The third kappa shape index (κ3) is 3.45. The molecule has 9 heteroatoms. The lowest BCUT2D eigenvalue weighted by Gasteiger charge is -2.39. The van der Waals surface area contributed by atoms with Crippen molar-refractivity contribution < 1.29 is 29.0 Å². The van der Waals surface area contributed by atoms with E-state index in [0.29, 0.717) is 29.8 Å². The van der Waals surface area contributed by atoms with Crippen molar-refractivity contribution in [3.8, 4) is 11.5 Å². The van der Waals surface area contributed by atoms with Crippen LogP contribution in [0.1, 0.15) is 11.6 Å². The molecule has 0 spiro atoms. The van der Waals surface area contributed by atoms with Crippen LogP contribution in [-0.2, 0) is 14.4 Å². The Hall–Kier alpha value is -2.94. The second-order valence-corrected chi connectivity index (χ2v) is 5.46. The summed E-state index contributed by atoms with van der Waals surface area (Å²) < 4.78 is 10.4. The maximum atomic E-state index is 11.8. The molecule has 0 aromatic heterocycles. The molecule has 1 fully saturated rings. The SMILES string of the molecule is COc1ccc(C2C(C(=O)O)/C(=C\C=O)NC(=S)N2C=O)cc1OC. The number of methoxy groups -OCH3 is 2. The Morgan fingerprint density at radius 1 is 1.28 bits per heavy atom. The first-order chi connectivity index (χ1) is 12.0. The van der Waals surface area contributed by atoms with Crippen LogP contribution >= 0.6 is 12.2 Å². The van der Waals surface area contributed by atoms with Gasteiger partial charge in [0.1, 0.15) is 12.2 Å². The summed E-state index contributed by atoms with van der Waals surface area (Å²) in [6.45, 7) is 0. The number of carbonyl (C=O) groups excluding carboxylic acids is 2. The monoisotopic (exact) mass is 364 g/mol. The second-order valence-electron chi connectivity index (χ2n) is 5.08. The van der Waals surface area contributed by atoms with Gasteiger partial charge >= 0.3 is 5.97 Å². The van der Waals surface area contributed by atoms with Crippen molar-refractivity contribution in [2.45, 2.75) is 6.04 Å². The Morgan fingerprint density at radius 3 is 2.48 bits per heavy atom. The van der Waals surface area contributed by atoms with E-state index in [2.05, 4.69) is 5.32 Å². The van der Waals surface area contributed by atoms with E-state index < -0.39 is 17.9 Å². The van der Waals surface area contributed by atoms with Gasteiger partial charge in [0.15, 0.2) is 16.6 Å². The van der Waals surface area contributed by atoms with Gasteiger partial charge in [-0.3, -0.25) is 19.3 Å². The summed E-state index contributed by atoms with van der Waals surface area (Å²) in [5.41, 5.74) is 0.572. The fourth-order valence-corrected chi connectivity index (χ4v) is 2.99. The molecule has 1 aliphatic rings. The van der Waals surface area contributed by atoms with Gasteiger partial charge in [-0.1, -0.05) is 6.07 Å². The van der Waals surface area contributed by atoms with Gasteiger partial charge in [0.2, 0.25) is 6.41 Å². The Balaban J connectivity index is 2.64. The molecule has 2 rings (SSSR count). The standard InChI is InChI=1S/C16H16N2O6S/c1-23-11-4-3-9(7-12(11)24-2)14-13(15(21)22)10(5-6-19)17-16(25)18(14)8-20/h3-8,13-14H,1-2H3,(H,17,25)(H,21,22)/b10-5+. The van der Waals surface area contributed by atoms with Crippen LogP contribution in [0.2, 0.25) is 0 Å².